The second-order valence-corrected chi connectivity index (χ2v) is 6.67. The van der Waals surface area contributed by atoms with E-state index in [1.165, 1.54) is 19.9 Å². The van der Waals surface area contributed by atoms with Gasteiger partial charge in [0.05, 0.1) is 16.1 Å². The van der Waals surface area contributed by atoms with Crippen LogP contribution < -0.4 is 0 Å². The number of hydrogen-bond donors (Lipinski definition) is 1. The van der Waals surface area contributed by atoms with E-state index >= 15 is 0 Å². The van der Waals surface area contributed by atoms with Crippen molar-refractivity contribution in [1.29, 1.82) is 0 Å². The smallest absolute Gasteiger partial charge is 0.310 e. The normalized spacial score (nSPS) is 12.4. The lowest BCUT2D eigenvalue weighted by atomic mass is 9.97. The Labute approximate surface area is 101 Å². The van der Waals surface area contributed by atoms with Gasteiger partial charge in [0.15, 0.2) is 9.84 Å². The van der Waals surface area contributed by atoms with Crippen LogP contribution in [0.5, 0.6) is 0 Å². The summed E-state index contributed by atoms with van der Waals surface area (Å²) < 4.78 is 24.2. The molecule has 1 aromatic carbocycles. The molecule has 0 aliphatic rings. The standard InChI is InChI=1S/C12H16O4S/c1-9-6-4-5-7-10(9)17(15,16)8-12(2,3)11(13)14/h4-7H,8H2,1-3H3,(H,13,14). The van der Waals surface area contributed by atoms with E-state index in [1.807, 2.05) is 0 Å². The Morgan fingerprint density at radius 2 is 1.82 bits per heavy atom. The Kier molecular flexibility index (Phi) is 3.62. The SMILES string of the molecule is Cc1ccccc1S(=O)(=O)CC(C)(C)C(=O)O. The molecule has 0 aliphatic carbocycles. The molecule has 0 unspecified atom stereocenters. The molecule has 0 heterocycles. The largest absolute Gasteiger partial charge is 0.481 e. The van der Waals surface area contributed by atoms with Crippen LogP contribution in [-0.4, -0.2) is 25.2 Å². The molecule has 0 saturated heterocycles. The summed E-state index contributed by atoms with van der Waals surface area (Å²) in [5, 5.41) is 8.96. The summed E-state index contributed by atoms with van der Waals surface area (Å²) in [5.74, 6) is -1.52. The van der Waals surface area contributed by atoms with Crippen LogP contribution in [0.15, 0.2) is 29.2 Å². The zero-order valence-electron chi connectivity index (χ0n) is 10.1. The monoisotopic (exact) mass is 256 g/mol. The van der Waals surface area contributed by atoms with E-state index in [9.17, 15) is 13.2 Å². The highest BCUT2D eigenvalue weighted by Crippen LogP contribution is 2.24. The van der Waals surface area contributed by atoms with Crippen molar-refractivity contribution in [2.24, 2.45) is 5.41 Å². The molecule has 17 heavy (non-hydrogen) atoms. The van der Waals surface area contributed by atoms with E-state index in [2.05, 4.69) is 0 Å². The van der Waals surface area contributed by atoms with Gasteiger partial charge in [-0.05, 0) is 32.4 Å². The topological polar surface area (TPSA) is 71.4 Å². The van der Waals surface area contributed by atoms with Crippen LogP contribution in [0.1, 0.15) is 19.4 Å². The average molecular weight is 256 g/mol. The molecule has 0 aliphatic heterocycles. The molecule has 1 N–H and O–H groups in total. The van der Waals surface area contributed by atoms with Crippen LogP contribution in [0.3, 0.4) is 0 Å². The number of sulfone groups is 1. The lowest BCUT2D eigenvalue weighted by molar-refractivity contribution is -0.145. The van der Waals surface area contributed by atoms with Crippen molar-refractivity contribution in [2.45, 2.75) is 25.7 Å². The molecule has 0 atom stereocenters. The number of aliphatic carboxylic acids is 1. The Hall–Kier alpha value is -1.36. The van der Waals surface area contributed by atoms with Crippen LogP contribution >= 0.6 is 0 Å². The van der Waals surface area contributed by atoms with Crippen LogP contribution in [0.4, 0.5) is 0 Å². The molecule has 0 amide bonds. The van der Waals surface area contributed by atoms with Gasteiger partial charge in [-0.1, -0.05) is 18.2 Å². The molecular formula is C12H16O4S. The summed E-state index contributed by atoms with van der Waals surface area (Å²) in [5.41, 5.74) is -0.658. The third-order valence-electron chi connectivity index (χ3n) is 2.56. The van der Waals surface area contributed by atoms with Gasteiger partial charge >= 0.3 is 5.97 Å². The number of rotatable bonds is 4. The summed E-state index contributed by atoms with van der Waals surface area (Å²) >= 11 is 0. The van der Waals surface area contributed by atoms with E-state index in [1.54, 1.807) is 25.1 Å². The van der Waals surface area contributed by atoms with Gasteiger partial charge in [0.2, 0.25) is 0 Å². The first-order valence-corrected chi connectivity index (χ1v) is 6.84. The fourth-order valence-corrected chi connectivity index (χ4v) is 3.59. The van der Waals surface area contributed by atoms with Crippen molar-refractivity contribution in [3.8, 4) is 0 Å². The molecule has 0 aromatic heterocycles. The number of carboxylic acids is 1. The Bertz CT molecular complexity index is 529. The summed E-state index contributed by atoms with van der Waals surface area (Å²) in [6.45, 7) is 4.51. The van der Waals surface area contributed by atoms with E-state index in [0.29, 0.717) is 5.56 Å². The molecule has 5 heteroatoms. The van der Waals surface area contributed by atoms with Gasteiger partial charge in [-0.25, -0.2) is 8.42 Å². The maximum atomic E-state index is 12.1. The van der Waals surface area contributed by atoms with E-state index in [0.717, 1.165) is 0 Å². The van der Waals surface area contributed by atoms with Crippen LogP contribution in [0, 0.1) is 12.3 Å². The van der Waals surface area contributed by atoms with Crippen LogP contribution in [-0.2, 0) is 14.6 Å². The third kappa shape index (κ3) is 3.06. The Morgan fingerprint density at radius 3 is 2.29 bits per heavy atom. The van der Waals surface area contributed by atoms with Crippen LogP contribution in [0.2, 0.25) is 0 Å². The zero-order chi connectivity index (χ0) is 13.3. The Morgan fingerprint density at radius 1 is 1.29 bits per heavy atom. The fraction of sp³-hybridized carbons (Fsp3) is 0.417. The van der Waals surface area contributed by atoms with E-state index in [-0.39, 0.29) is 4.90 Å². The first-order valence-electron chi connectivity index (χ1n) is 5.18. The lowest BCUT2D eigenvalue weighted by Gasteiger charge is -2.19. The first kappa shape index (κ1) is 13.7. The maximum Gasteiger partial charge on any atom is 0.310 e. The van der Waals surface area contributed by atoms with Crippen LogP contribution in [0.25, 0.3) is 0 Å². The van der Waals surface area contributed by atoms with Crippen molar-refractivity contribution >= 4 is 15.8 Å². The lowest BCUT2D eigenvalue weighted by Crippen LogP contribution is -2.32. The van der Waals surface area contributed by atoms with Gasteiger partial charge in [-0.15, -0.1) is 0 Å². The molecule has 0 bridgehead atoms. The zero-order valence-corrected chi connectivity index (χ0v) is 10.9. The van der Waals surface area contributed by atoms with Gasteiger partial charge in [-0.3, -0.25) is 4.79 Å². The summed E-state index contributed by atoms with van der Waals surface area (Å²) in [7, 11) is -3.57. The Balaban J connectivity index is 3.15. The molecule has 4 nitrogen and oxygen atoms in total. The minimum absolute atomic E-state index is 0.203. The fourth-order valence-electron chi connectivity index (χ4n) is 1.52. The maximum absolute atomic E-state index is 12.1. The van der Waals surface area contributed by atoms with Crippen molar-refractivity contribution < 1.29 is 18.3 Å². The van der Waals surface area contributed by atoms with Gasteiger partial charge < -0.3 is 5.11 Å². The van der Waals surface area contributed by atoms with Gasteiger partial charge in [-0.2, -0.15) is 0 Å². The van der Waals surface area contributed by atoms with Gasteiger partial charge in [0.1, 0.15) is 0 Å². The second kappa shape index (κ2) is 4.49. The number of aryl methyl sites for hydroxylation is 1. The molecule has 1 rings (SSSR count). The summed E-state index contributed by atoms with van der Waals surface area (Å²) in [6.07, 6.45) is 0. The predicted octanol–water partition coefficient (Wildman–Crippen LogP) is 1.88. The first-order chi connectivity index (χ1) is 7.67. The van der Waals surface area contributed by atoms with Crippen molar-refractivity contribution in [2.75, 3.05) is 5.75 Å². The third-order valence-corrected chi connectivity index (χ3v) is 4.79. The highest BCUT2D eigenvalue weighted by atomic mass is 32.2. The highest BCUT2D eigenvalue weighted by molar-refractivity contribution is 7.91. The molecule has 0 saturated carbocycles. The minimum Gasteiger partial charge on any atom is -0.481 e. The molecule has 0 radical (unpaired) electrons. The summed E-state index contributed by atoms with van der Waals surface area (Å²) in [6, 6.07) is 6.58. The molecular weight excluding hydrogens is 240 g/mol. The van der Waals surface area contributed by atoms with Crippen molar-refractivity contribution in [3.63, 3.8) is 0 Å². The minimum atomic E-state index is -3.57. The van der Waals surface area contributed by atoms with E-state index in [4.69, 9.17) is 5.11 Å². The van der Waals surface area contributed by atoms with Gasteiger partial charge in [0, 0.05) is 0 Å². The number of benzene rings is 1. The number of carbonyl (C=O) groups is 1. The highest BCUT2D eigenvalue weighted by Gasteiger charge is 2.34. The quantitative estimate of drug-likeness (QED) is 0.892. The second-order valence-electron chi connectivity index (χ2n) is 4.71. The number of carboxylic acid groups (broad SMARTS) is 1. The van der Waals surface area contributed by atoms with Crippen molar-refractivity contribution in [3.05, 3.63) is 29.8 Å². The molecule has 94 valence electrons. The van der Waals surface area contributed by atoms with Crippen molar-refractivity contribution in [1.82, 2.24) is 0 Å². The summed E-state index contributed by atoms with van der Waals surface area (Å²) in [4.78, 5) is 11.2. The molecule has 1 aromatic rings. The predicted molar refractivity (Wildman–Crippen MR) is 64.6 cm³/mol. The molecule has 0 spiro atoms. The average Bonchev–Trinajstić information content (AvgIpc) is 2.16. The van der Waals surface area contributed by atoms with Gasteiger partial charge in [0.25, 0.3) is 0 Å². The molecule has 0 fully saturated rings. The number of hydrogen-bond acceptors (Lipinski definition) is 3. The van der Waals surface area contributed by atoms with E-state index < -0.39 is 27.0 Å².